The number of hydrogen-bond acceptors (Lipinski definition) is 3. The van der Waals surface area contributed by atoms with Crippen LogP contribution < -0.4 is 10.6 Å². The first-order chi connectivity index (χ1) is 10.6. The maximum absolute atomic E-state index is 12.8. The second-order valence-electron chi connectivity index (χ2n) is 6.16. The Morgan fingerprint density at radius 3 is 2.74 bits per heavy atom. The van der Waals surface area contributed by atoms with Crippen molar-refractivity contribution in [2.45, 2.75) is 32.3 Å². The van der Waals surface area contributed by atoms with Crippen LogP contribution in [0, 0.1) is 17.7 Å². The Morgan fingerprint density at radius 2 is 2.13 bits per heavy atom. The molecule has 130 valence electrons. The fraction of sp³-hybridized carbons (Fsp3) is 0.588. The van der Waals surface area contributed by atoms with Crippen molar-refractivity contribution < 1.29 is 14.3 Å². The van der Waals surface area contributed by atoms with Crippen LogP contribution in [0.4, 0.5) is 4.39 Å². The largest absolute Gasteiger partial charge is 0.387 e. The van der Waals surface area contributed by atoms with E-state index in [4.69, 9.17) is 0 Å². The molecule has 0 saturated carbocycles. The Kier molecular flexibility index (Phi) is 8.52. The zero-order valence-corrected chi connectivity index (χ0v) is 14.2. The highest BCUT2D eigenvalue weighted by Gasteiger charge is 2.22. The summed E-state index contributed by atoms with van der Waals surface area (Å²) in [5, 5.41) is 16.1. The van der Waals surface area contributed by atoms with Gasteiger partial charge in [0.15, 0.2) is 0 Å². The summed E-state index contributed by atoms with van der Waals surface area (Å²) >= 11 is 0. The van der Waals surface area contributed by atoms with Gasteiger partial charge in [-0.15, -0.1) is 12.4 Å². The molecule has 1 heterocycles. The minimum atomic E-state index is -0.809. The van der Waals surface area contributed by atoms with E-state index in [1.165, 1.54) is 37.1 Å². The summed E-state index contributed by atoms with van der Waals surface area (Å²) < 4.78 is 12.8. The Labute approximate surface area is 143 Å². The zero-order chi connectivity index (χ0) is 15.9. The lowest BCUT2D eigenvalue weighted by Crippen LogP contribution is -2.36. The quantitative estimate of drug-likeness (QED) is 0.742. The summed E-state index contributed by atoms with van der Waals surface area (Å²) in [7, 11) is 0. The number of hydrogen-bond donors (Lipinski definition) is 3. The first kappa shape index (κ1) is 19.9. The lowest BCUT2D eigenvalue weighted by atomic mass is 9.85. The minimum absolute atomic E-state index is 0. The van der Waals surface area contributed by atoms with Crippen LogP contribution in [0.15, 0.2) is 24.3 Å². The number of amides is 1. The summed E-state index contributed by atoms with van der Waals surface area (Å²) in [6, 6.07) is 5.67. The summed E-state index contributed by atoms with van der Waals surface area (Å²) in [5.74, 6) is 0.492. The molecule has 1 aliphatic heterocycles. The van der Waals surface area contributed by atoms with Crippen LogP contribution in [0.2, 0.25) is 0 Å². The van der Waals surface area contributed by atoms with E-state index in [1.54, 1.807) is 0 Å². The van der Waals surface area contributed by atoms with E-state index in [2.05, 4.69) is 17.6 Å². The van der Waals surface area contributed by atoms with E-state index in [0.29, 0.717) is 23.8 Å². The van der Waals surface area contributed by atoms with Gasteiger partial charge in [-0.3, -0.25) is 4.79 Å². The summed E-state index contributed by atoms with van der Waals surface area (Å²) in [4.78, 5) is 12.0. The standard InChI is InChI=1S/C17H25FN2O2.ClH/c1-12(14-3-2-8-19-10-14)9-17(22)20-11-16(21)13-4-6-15(18)7-5-13;/h4-7,12,14,16,19,21H,2-3,8-11H2,1H3,(H,20,22);1H. The minimum Gasteiger partial charge on any atom is -0.387 e. The first-order valence-corrected chi connectivity index (χ1v) is 7.97. The predicted molar refractivity (Wildman–Crippen MR) is 91.0 cm³/mol. The SMILES string of the molecule is CC(CC(=O)NCC(O)c1ccc(F)cc1)C1CCCNC1.Cl. The van der Waals surface area contributed by atoms with Gasteiger partial charge < -0.3 is 15.7 Å². The van der Waals surface area contributed by atoms with E-state index in [9.17, 15) is 14.3 Å². The van der Waals surface area contributed by atoms with E-state index < -0.39 is 6.10 Å². The van der Waals surface area contributed by atoms with Gasteiger partial charge in [0.1, 0.15) is 5.82 Å². The molecule has 1 aliphatic rings. The number of nitrogens with one attached hydrogen (secondary N) is 2. The number of halogens is 2. The fourth-order valence-electron chi connectivity index (χ4n) is 2.91. The Morgan fingerprint density at radius 1 is 1.43 bits per heavy atom. The molecule has 1 fully saturated rings. The van der Waals surface area contributed by atoms with Crippen molar-refractivity contribution in [1.82, 2.24) is 10.6 Å². The number of piperidine rings is 1. The number of benzene rings is 1. The van der Waals surface area contributed by atoms with Gasteiger partial charge in [0.2, 0.25) is 5.91 Å². The molecule has 6 heteroatoms. The van der Waals surface area contributed by atoms with Crippen LogP contribution in [0.5, 0.6) is 0 Å². The predicted octanol–water partition coefficient (Wildman–Crippen LogP) is 2.42. The molecule has 3 atom stereocenters. The van der Waals surface area contributed by atoms with Gasteiger partial charge in [-0.1, -0.05) is 19.1 Å². The number of carbonyl (C=O) groups is 1. The lowest BCUT2D eigenvalue weighted by Gasteiger charge is -2.28. The lowest BCUT2D eigenvalue weighted by molar-refractivity contribution is -0.122. The number of carbonyl (C=O) groups excluding carboxylic acids is 1. The molecular weight excluding hydrogens is 319 g/mol. The van der Waals surface area contributed by atoms with Gasteiger partial charge >= 0.3 is 0 Å². The molecule has 1 aromatic rings. The number of aliphatic hydroxyl groups is 1. The van der Waals surface area contributed by atoms with Crippen LogP contribution in [-0.4, -0.2) is 30.6 Å². The second-order valence-corrected chi connectivity index (χ2v) is 6.16. The van der Waals surface area contributed by atoms with Crippen LogP contribution >= 0.6 is 12.4 Å². The van der Waals surface area contributed by atoms with E-state index in [0.717, 1.165) is 13.1 Å². The van der Waals surface area contributed by atoms with Crippen LogP contribution in [0.3, 0.4) is 0 Å². The molecule has 3 N–H and O–H groups in total. The van der Waals surface area contributed by atoms with Crippen molar-refractivity contribution in [3.8, 4) is 0 Å². The molecule has 4 nitrogen and oxygen atoms in total. The Hall–Kier alpha value is -1.17. The van der Waals surface area contributed by atoms with Crippen LogP contribution in [0.1, 0.15) is 37.9 Å². The smallest absolute Gasteiger partial charge is 0.220 e. The van der Waals surface area contributed by atoms with Crippen LogP contribution in [-0.2, 0) is 4.79 Å². The van der Waals surface area contributed by atoms with E-state index >= 15 is 0 Å². The molecule has 0 spiro atoms. The zero-order valence-electron chi connectivity index (χ0n) is 13.4. The van der Waals surface area contributed by atoms with Gasteiger partial charge in [-0.25, -0.2) is 4.39 Å². The summed E-state index contributed by atoms with van der Waals surface area (Å²) in [6.45, 7) is 4.31. The maximum atomic E-state index is 12.8. The monoisotopic (exact) mass is 344 g/mol. The molecule has 3 unspecified atom stereocenters. The third-order valence-electron chi connectivity index (χ3n) is 4.39. The molecular formula is C17H26ClFN2O2. The molecule has 0 bridgehead atoms. The van der Waals surface area contributed by atoms with Crippen molar-refractivity contribution in [2.75, 3.05) is 19.6 Å². The molecule has 1 saturated heterocycles. The second kappa shape index (κ2) is 9.85. The highest BCUT2D eigenvalue weighted by molar-refractivity contribution is 5.85. The molecule has 2 rings (SSSR count). The van der Waals surface area contributed by atoms with Crippen LogP contribution in [0.25, 0.3) is 0 Å². The average molecular weight is 345 g/mol. The van der Waals surface area contributed by atoms with Crippen molar-refractivity contribution in [1.29, 1.82) is 0 Å². The maximum Gasteiger partial charge on any atom is 0.220 e. The third-order valence-corrected chi connectivity index (χ3v) is 4.39. The molecule has 23 heavy (non-hydrogen) atoms. The van der Waals surface area contributed by atoms with Gasteiger partial charge in [0, 0.05) is 13.0 Å². The van der Waals surface area contributed by atoms with Gasteiger partial charge in [0.25, 0.3) is 0 Å². The summed E-state index contributed by atoms with van der Waals surface area (Å²) in [5.41, 5.74) is 0.603. The average Bonchev–Trinajstić information content (AvgIpc) is 2.54. The normalized spacial score (nSPS) is 20.2. The summed E-state index contributed by atoms with van der Waals surface area (Å²) in [6.07, 6.45) is 2.00. The molecule has 1 amide bonds. The van der Waals surface area contributed by atoms with E-state index in [-0.39, 0.29) is 30.7 Å². The molecule has 1 aromatic carbocycles. The molecule has 0 aliphatic carbocycles. The Bertz CT molecular complexity index is 478. The third kappa shape index (κ3) is 6.45. The number of aliphatic hydroxyl groups excluding tert-OH is 1. The van der Waals surface area contributed by atoms with Gasteiger partial charge in [-0.05, 0) is 55.5 Å². The van der Waals surface area contributed by atoms with Gasteiger partial charge in [0.05, 0.1) is 6.10 Å². The van der Waals surface area contributed by atoms with Gasteiger partial charge in [-0.2, -0.15) is 0 Å². The molecule has 0 aromatic heterocycles. The van der Waals surface area contributed by atoms with E-state index in [1.807, 2.05) is 0 Å². The topological polar surface area (TPSA) is 61.4 Å². The van der Waals surface area contributed by atoms with Crippen molar-refractivity contribution in [3.63, 3.8) is 0 Å². The highest BCUT2D eigenvalue weighted by Crippen LogP contribution is 2.22. The van der Waals surface area contributed by atoms with Crippen molar-refractivity contribution in [2.24, 2.45) is 11.8 Å². The highest BCUT2D eigenvalue weighted by atomic mass is 35.5. The fourth-order valence-corrected chi connectivity index (χ4v) is 2.91. The Balaban J connectivity index is 0.00000264. The number of rotatable bonds is 6. The first-order valence-electron chi connectivity index (χ1n) is 7.97. The van der Waals surface area contributed by atoms with Crippen molar-refractivity contribution in [3.05, 3.63) is 35.6 Å². The van der Waals surface area contributed by atoms with Crippen molar-refractivity contribution >= 4 is 18.3 Å². The molecule has 0 radical (unpaired) electrons.